The molecule has 0 atom stereocenters. The number of nitrogens with zero attached hydrogens (tertiary/aromatic N) is 2. The van der Waals surface area contributed by atoms with Crippen molar-refractivity contribution in [2.24, 2.45) is 0 Å². The number of thioether (sulfide) groups is 1. The van der Waals surface area contributed by atoms with E-state index in [4.69, 9.17) is 9.26 Å². The van der Waals surface area contributed by atoms with E-state index in [0.29, 0.717) is 11.4 Å². The molecule has 4 rings (SSSR count). The first-order chi connectivity index (χ1) is 14.3. The second-order valence-electron chi connectivity index (χ2n) is 6.21. The Balaban J connectivity index is 1.43. The topological polar surface area (TPSA) is 94.3 Å². The maximum atomic E-state index is 12.8. The average Bonchev–Trinajstić information content (AvgIpc) is 3.20. The molecule has 0 fully saturated rings. The van der Waals surface area contributed by atoms with Crippen molar-refractivity contribution in [1.82, 2.24) is 10.1 Å². The predicted molar refractivity (Wildman–Crippen MR) is 99.7 cm³/mol. The van der Waals surface area contributed by atoms with Crippen molar-refractivity contribution in [2.45, 2.75) is 17.7 Å². The van der Waals surface area contributed by atoms with Crippen LogP contribution in [0, 0.1) is 0 Å². The minimum absolute atomic E-state index is 0.0549. The van der Waals surface area contributed by atoms with E-state index < -0.39 is 17.7 Å². The molecular weight excluding hydrogens is 423 g/mol. The highest BCUT2D eigenvalue weighted by atomic mass is 32.2. The van der Waals surface area contributed by atoms with Crippen LogP contribution in [0.25, 0.3) is 11.4 Å². The van der Waals surface area contributed by atoms with Crippen LogP contribution in [-0.2, 0) is 22.3 Å². The molecule has 1 aliphatic heterocycles. The molecule has 0 unspecified atom stereocenters. The molecule has 11 heteroatoms. The Morgan fingerprint density at radius 1 is 1.23 bits per heavy atom. The SMILES string of the molecule is O=C1CSc2ccc(C(=O)OCc3nc(-c4cccc(C(F)(F)F)c4)no3)cc2N1. The lowest BCUT2D eigenvalue weighted by atomic mass is 10.1. The second kappa shape index (κ2) is 7.82. The van der Waals surface area contributed by atoms with E-state index in [0.717, 1.165) is 17.0 Å². The predicted octanol–water partition coefficient (Wildman–Crippen LogP) is 4.16. The lowest BCUT2D eigenvalue weighted by Crippen LogP contribution is -2.19. The summed E-state index contributed by atoms with van der Waals surface area (Å²) in [4.78, 5) is 28.5. The first-order valence-electron chi connectivity index (χ1n) is 8.53. The monoisotopic (exact) mass is 435 g/mol. The van der Waals surface area contributed by atoms with Gasteiger partial charge < -0.3 is 14.6 Å². The molecule has 2 heterocycles. The van der Waals surface area contributed by atoms with Crippen LogP contribution in [0.1, 0.15) is 21.8 Å². The third kappa shape index (κ3) is 4.30. The number of carbonyl (C=O) groups is 2. The maximum absolute atomic E-state index is 12.8. The lowest BCUT2D eigenvalue weighted by Gasteiger charge is -2.16. The molecule has 0 saturated heterocycles. The third-order valence-corrected chi connectivity index (χ3v) is 5.16. The largest absolute Gasteiger partial charge is 0.452 e. The zero-order valence-electron chi connectivity index (χ0n) is 15.0. The normalized spacial score (nSPS) is 13.5. The summed E-state index contributed by atoms with van der Waals surface area (Å²) in [6, 6.07) is 9.26. The van der Waals surface area contributed by atoms with Gasteiger partial charge in [-0.25, -0.2) is 4.79 Å². The van der Waals surface area contributed by atoms with Gasteiger partial charge in [-0.2, -0.15) is 18.2 Å². The molecule has 0 aliphatic carbocycles. The number of amides is 1. The van der Waals surface area contributed by atoms with Crippen molar-refractivity contribution >= 4 is 29.3 Å². The first kappa shape index (κ1) is 20.0. The molecule has 1 aliphatic rings. The van der Waals surface area contributed by atoms with Gasteiger partial charge in [0.15, 0.2) is 6.61 Å². The highest BCUT2D eigenvalue weighted by Gasteiger charge is 2.30. The Kier molecular flexibility index (Phi) is 5.20. The Morgan fingerprint density at radius 2 is 2.07 bits per heavy atom. The minimum atomic E-state index is -4.50. The van der Waals surface area contributed by atoms with Gasteiger partial charge in [0.2, 0.25) is 11.7 Å². The van der Waals surface area contributed by atoms with Crippen LogP contribution in [0.2, 0.25) is 0 Å². The average molecular weight is 435 g/mol. The zero-order chi connectivity index (χ0) is 21.3. The number of halogens is 3. The highest BCUT2D eigenvalue weighted by molar-refractivity contribution is 8.00. The van der Waals surface area contributed by atoms with Crippen LogP contribution in [-0.4, -0.2) is 27.8 Å². The molecule has 7 nitrogen and oxygen atoms in total. The van der Waals surface area contributed by atoms with Crippen molar-refractivity contribution in [2.75, 3.05) is 11.1 Å². The molecule has 154 valence electrons. The molecule has 0 saturated carbocycles. The zero-order valence-corrected chi connectivity index (χ0v) is 15.8. The number of carbonyl (C=O) groups excluding carboxylic acids is 2. The van der Waals surface area contributed by atoms with Crippen molar-refractivity contribution in [1.29, 1.82) is 0 Å². The molecule has 0 spiro atoms. The van der Waals surface area contributed by atoms with Gasteiger partial charge in [0, 0.05) is 10.5 Å². The van der Waals surface area contributed by atoms with Crippen LogP contribution < -0.4 is 5.32 Å². The van der Waals surface area contributed by atoms with Gasteiger partial charge in [-0.1, -0.05) is 17.3 Å². The molecule has 0 bridgehead atoms. The van der Waals surface area contributed by atoms with Gasteiger partial charge in [0.05, 0.1) is 22.6 Å². The number of anilines is 1. The van der Waals surface area contributed by atoms with Crippen molar-refractivity contribution in [3.8, 4) is 11.4 Å². The number of fused-ring (bicyclic) bond motifs is 1. The third-order valence-electron chi connectivity index (χ3n) is 4.09. The molecular formula is C19H12F3N3O4S. The van der Waals surface area contributed by atoms with Crippen LogP contribution >= 0.6 is 11.8 Å². The highest BCUT2D eigenvalue weighted by Crippen LogP contribution is 2.33. The summed E-state index contributed by atoms with van der Waals surface area (Å²) in [5, 5.41) is 6.31. The van der Waals surface area contributed by atoms with Crippen LogP contribution in [0.4, 0.5) is 18.9 Å². The van der Waals surface area contributed by atoms with Gasteiger partial charge in [-0.3, -0.25) is 4.79 Å². The first-order valence-corrected chi connectivity index (χ1v) is 9.52. The fourth-order valence-corrected chi connectivity index (χ4v) is 3.47. The van der Waals surface area contributed by atoms with E-state index >= 15 is 0 Å². The van der Waals surface area contributed by atoms with Crippen molar-refractivity contribution < 1.29 is 32.0 Å². The summed E-state index contributed by atoms with van der Waals surface area (Å²) in [5.74, 6) is -0.659. The van der Waals surface area contributed by atoms with Gasteiger partial charge in [-0.05, 0) is 30.3 Å². The van der Waals surface area contributed by atoms with Gasteiger partial charge in [0.1, 0.15) is 0 Å². The van der Waals surface area contributed by atoms with E-state index in [1.807, 2.05) is 0 Å². The van der Waals surface area contributed by atoms with Crippen molar-refractivity contribution in [3.63, 3.8) is 0 Å². The Hall–Kier alpha value is -3.34. The minimum Gasteiger partial charge on any atom is -0.452 e. The summed E-state index contributed by atoms with van der Waals surface area (Å²) >= 11 is 1.36. The number of aromatic nitrogens is 2. The number of ether oxygens (including phenoxy) is 1. The Morgan fingerprint density at radius 3 is 2.87 bits per heavy atom. The number of hydrogen-bond donors (Lipinski definition) is 1. The number of hydrogen-bond acceptors (Lipinski definition) is 7. The van der Waals surface area contributed by atoms with E-state index in [2.05, 4.69) is 15.5 Å². The van der Waals surface area contributed by atoms with Gasteiger partial charge in [0.25, 0.3) is 5.89 Å². The molecule has 1 N–H and O–H groups in total. The standard InChI is InChI=1S/C19H12F3N3O4S/c20-19(21,22)12-3-1-2-10(6-12)17-24-16(29-25-17)8-28-18(27)11-4-5-14-13(7-11)23-15(26)9-30-14/h1-7H,8-9H2,(H,23,26). The lowest BCUT2D eigenvalue weighted by molar-refractivity contribution is -0.137. The fourth-order valence-electron chi connectivity index (χ4n) is 2.69. The Bertz CT molecular complexity index is 1130. The summed E-state index contributed by atoms with van der Waals surface area (Å²) in [5.41, 5.74) is 0.0222. The van der Waals surface area contributed by atoms with Crippen molar-refractivity contribution in [3.05, 3.63) is 59.5 Å². The molecule has 3 aromatic rings. The molecule has 2 aromatic carbocycles. The second-order valence-corrected chi connectivity index (χ2v) is 7.23. The summed E-state index contributed by atoms with van der Waals surface area (Å²) in [7, 11) is 0. The number of alkyl halides is 3. The molecule has 0 radical (unpaired) electrons. The summed E-state index contributed by atoms with van der Waals surface area (Å²) in [6.45, 7) is -0.358. The number of benzene rings is 2. The quantitative estimate of drug-likeness (QED) is 0.615. The van der Waals surface area contributed by atoms with E-state index in [1.54, 1.807) is 12.1 Å². The van der Waals surface area contributed by atoms with Gasteiger partial charge in [-0.15, -0.1) is 11.8 Å². The smallest absolute Gasteiger partial charge is 0.416 e. The van der Waals surface area contributed by atoms with E-state index in [-0.39, 0.29) is 35.4 Å². The number of esters is 1. The molecule has 30 heavy (non-hydrogen) atoms. The van der Waals surface area contributed by atoms with Crippen LogP contribution in [0.15, 0.2) is 51.9 Å². The van der Waals surface area contributed by atoms with E-state index in [1.165, 1.54) is 30.0 Å². The molecule has 1 aromatic heterocycles. The van der Waals surface area contributed by atoms with Crippen LogP contribution in [0.5, 0.6) is 0 Å². The van der Waals surface area contributed by atoms with E-state index in [9.17, 15) is 22.8 Å². The van der Waals surface area contributed by atoms with Crippen LogP contribution in [0.3, 0.4) is 0 Å². The Labute approximate surface area is 171 Å². The summed E-state index contributed by atoms with van der Waals surface area (Å²) < 4.78 is 48.6. The fraction of sp³-hybridized carbons (Fsp3) is 0.158. The maximum Gasteiger partial charge on any atom is 0.416 e. The summed E-state index contributed by atoms with van der Waals surface area (Å²) in [6.07, 6.45) is -4.50. The molecule has 1 amide bonds. The number of rotatable bonds is 4. The van der Waals surface area contributed by atoms with Gasteiger partial charge >= 0.3 is 12.1 Å². The number of nitrogens with one attached hydrogen (secondary N) is 1.